The van der Waals surface area contributed by atoms with Crippen LogP contribution in [0.2, 0.25) is 18.1 Å². The number of nitrogens with zero attached hydrogens (tertiary/aromatic N) is 3. The van der Waals surface area contributed by atoms with Crippen LogP contribution >= 0.6 is 8.53 Å². The van der Waals surface area contributed by atoms with Crippen LogP contribution in [0.5, 0.6) is 11.5 Å². The topological polar surface area (TPSA) is 146 Å². The standard InChI is InChI=1S/C45H61N4O9PSi/c1-31(2)49(32(3)4)59(55-29-15-27-46)57-40-38(56-42(48-28-26-39(50)47-43(48)51)41(40)58-60(10,11)44(5,6)7)30-54-45(33-16-13-12-14-17-33,34-18-22-36(52-8)23-19-34)35-20-24-37(53-9)25-21-35/h12-14,16-26,28,31-32,38,40-42H,15,29-30H2,1-11H3,(H,47,50,51)/t38-,40?,41+,42-,59?/m1/s1/i26D,28+1,42+1. The first-order valence-electron chi connectivity index (χ1n) is 20.8. The molecule has 15 heteroatoms. The summed E-state index contributed by atoms with van der Waals surface area (Å²) in [6, 6.07) is 27.0. The Balaban J connectivity index is 1.75. The predicted octanol–water partition coefficient (Wildman–Crippen LogP) is 8.51. The normalized spacial score (nSPS) is 19.4. The van der Waals surface area contributed by atoms with Gasteiger partial charge in [0.2, 0.25) is 0 Å². The van der Waals surface area contributed by atoms with Crippen molar-refractivity contribution in [3.63, 3.8) is 0 Å². The van der Waals surface area contributed by atoms with Gasteiger partial charge in [-0.25, -0.2) is 9.46 Å². The Kier molecular flexibility index (Phi) is 15.2. The van der Waals surface area contributed by atoms with Gasteiger partial charge in [-0.1, -0.05) is 75.4 Å². The number of nitriles is 1. The van der Waals surface area contributed by atoms with Gasteiger partial charge in [0.1, 0.15) is 35.4 Å². The van der Waals surface area contributed by atoms with Crippen molar-refractivity contribution in [3.05, 3.63) is 129 Å². The van der Waals surface area contributed by atoms with Gasteiger partial charge in [0.25, 0.3) is 14.1 Å². The van der Waals surface area contributed by atoms with E-state index < -0.39 is 64.3 Å². The predicted molar refractivity (Wildman–Crippen MR) is 236 cm³/mol. The summed E-state index contributed by atoms with van der Waals surface area (Å²) in [5, 5.41) is 9.22. The highest BCUT2D eigenvalue weighted by molar-refractivity contribution is 7.44. The molecule has 3 aromatic carbocycles. The highest BCUT2D eigenvalue weighted by Gasteiger charge is 2.54. The average molecular weight is 864 g/mol. The zero-order valence-electron chi connectivity index (χ0n) is 37.6. The summed E-state index contributed by atoms with van der Waals surface area (Å²) in [5.41, 5.74) is -0.387. The fourth-order valence-electron chi connectivity index (χ4n) is 7.09. The Bertz CT molecular complexity index is 2140. The minimum atomic E-state index is -2.70. The molecule has 1 fully saturated rings. The molecule has 1 saturated heterocycles. The minimum absolute atomic E-state index is 0.0238. The quantitative estimate of drug-likeness (QED) is 0.0318. The minimum Gasteiger partial charge on any atom is -0.497 e. The summed E-state index contributed by atoms with van der Waals surface area (Å²) in [4.78, 5) is 28.5. The molecule has 0 bridgehead atoms. The first-order valence-corrected chi connectivity index (χ1v) is 24.3. The Morgan fingerprint density at radius 3 is 1.95 bits per heavy atom. The molecule has 0 aliphatic carbocycles. The number of aromatic nitrogens is 2. The molecular formula is C45H61N4O9PSi. The number of ether oxygens (including phenoxy) is 4. The molecular weight excluding hydrogens is 802 g/mol. The van der Waals surface area contributed by atoms with Crippen LogP contribution < -0.4 is 20.7 Å². The van der Waals surface area contributed by atoms with Crippen molar-refractivity contribution in [3.8, 4) is 17.6 Å². The molecule has 2 heterocycles. The van der Waals surface area contributed by atoms with Crippen LogP contribution in [0.4, 0.5) is 0 Å². The SMILES string of the molecule is [2H]c1[13cH]n([13C@@H]2O[C@H](COC(c3ccccc3)(c3ccc(OC)cc3)c3ccc(OC)cc3)C(OP(OCCC#N)N(C(C)C)C(C)C)[C@@H]2O[Si](C)(C)C(C)(C)C)c(=O)[nH]c1=O. The lowest BCUT2D eigenvalue weighted by molar-refractivity contribution is -0.0943. The van der Waals surface area contributed by atoms with Gasteiger partial charge < -0.3 is 32.4 Å². The lowest BCUT2D eigenvalue weighted by Gasteiger charge is -2.42. The van der Waals surface area contributed by atoms with Crippen molar-refractivity contribution >= 4 is 16.8 Å². The average Bonchev–Trinajstić information content (AvgIpc) is 3.54. The highest BCUT2D eigenvalue weighted by Crippen LogP contribution is 2.52. The number of hydrogen-bond donors (Lipinski definition) is 1. The summed E-state index contributed by atoms with van der Waals surface area (Å²) in [6.07, 6.45) is -2.63. The van der Waals surface area contributed by atoms with Gasteiger partial charge in [-0.2, -0.15) is 5.26 Å². The van der Waals surface area contributed by atoms with E-state index in [4.69, 9.17) is 33.8 Å². The third-order valence-corrected chi connectivity index (χ3v) is 17.7. The van der Waals surface area contributed by atoms with E-state index in [0.29, 0.717) is 11.5 Å². The maximum Gasteiger partial charge on any atom is 0.330 e. The molecule has 1 aliphatic rings. The number of aromatic amines is 1. The molecule has 2 unspecified atom stereocenters. The largest absolute Gasteiger partial charge is 0.497 e. The summed E-state index contributed by atoms with van der Waals surface area (Å²) >= 11 is 0. The molecule has 5 rings (SSSR count). The zero-order chi connectivity index (χ0) is 44.7. The van der Waals surface area contributed by atoms with E-state index in [1.54, 1.807) is 14.2 Å². The molecule has 0 spiro atoms. The van der Waals surface area contributed by atoms with Crippen molar-refractivity contribution in [2.75, 3.05) is 27.4 Å². The number of H-pyrrole nitrogens is 1. The molecule has 1 N–H and O–H groups in total. The van der Waals surface area contributed by atoms with Crippen molar-refractivity contribution in [2.45, 2.75) is 115 Å². The van der Waals surface area contributed by atoms with Crippen LogP contribution in [0.25, 0.3) is 0 Å². The van der Waals surface area contributed by atoms with E-state index >= 15 is 0 Å². The second-order valence-corrected chi connectivity index (χ2v) is 22.9. The Morgan fingerprint density at radius 2 is 1.45 bits per heavy atom. The summed E-state index contributed by atoms with van der Waals surface area (Å²) in [6.45, 7) is 18.8. The third-order valence-electron chi connectivity index (χ3n) is 11.1. The van der Waals surface area contributed by atoms with Crippen LogP contribution in [0.1, 0.15) is 79.2 Å². The number of methoxy groups -OCH3 is 2. The first-order chi connectivity index (χ1) is 28.9. The van der Waals surface area contributed by atoms with Crippen LogP contribution in [0, 0.1) is 11.3 Å². The van der Waals surface area contributed by atoms with Crippen LogP contribution in [0.3, 0.4) is 0 Å². The van der Waals surface area contributed by atoms with E-state index in [-0.39, 0.29) is 36.8 Å². The lowest BCUT2D eigenvalue weighted by atomic mass is 9.80. The summed E-state index contributed by atoms with van der Waals surface area (Å²) in [5.74, 6) is 1.34. The molecule has 4 aromatic rings. The smallest absolute Gasteiger partial charge is 0.330 e. The van der Waals surface area contributed by atoms with Gasteiger partial charge in [-0.05, 0) is 86.8 Å². The number of nitrogens with one attached hydrogen (secondary N) is 1. The van der Waals surface area contributed by atoms with Crippen LogP contribution in [-0.4, -0.2) is 80.4 Å². The van der Waals surface area contributed by atoms with E-state index in [1.165, 1.54) is 10.8 Å². The van der Waals surface area contributed by atoms with Gasteiger partial charge in [0, 0.05) is 24.3 Å². The monoisotopic (exact) mass is 863 g/mol. The molecule has 0 radical (unpaired) electrons. The van der Waals surface area contributed by atoms with Gasteiger partial charge >= 0.3 is 5.69 Å². The van der Waals surface area contributed by atoms with Crippen molar-refractivity contribution in [2.24, 2.45) is 0 Å². The maximum atomic E-state index is 13.7. The Hall–Kier alpha value is -4.16. The van der Waals surface area contributed by atoms with Gasteiger partial charge in [-0.3, -0.25) is 14.3 Å². The molecule has 0 amide bonds. The van der Waals surface area contributed by atoms with Gasteiger partial charge in [-0.15, -0.1) is 0 Å². The second-order valence-electron chi connectivity index (χ2n) is 16.8. The van der Waals surface area contributed by atoms with E-state index in [1.807, 2.05) is 78.9 Å². The zero-order valence-corrected chi connectivity index (χ0v) is 38.5. The number of rotatable bonds is 19. The molecule has 0 saturated carbocycles. The second kappa shape index (κ2) is 20.1. The van der Waals surface area contributed by atoms with Crippen LogP contribution in [-0.2, 0) is 28.5 Å². The summed E-state index contributed by atoms with van der Waals surface area (Å²) < 4.78 is 58.1. The molecule has 324 valence electrons. The maximum absolute atomic E-state index is 13.7. The molecule has 13 nitrogen and oxygen atoms in total. The van der Waals surface area contributed by atoms with E-state index in [2.05, 4.69) is 77.3 Å². The highest BCUT2D eigenvalue weighted by atomic mass is 31.2. The van der Waals surface area contributed by atoms with Crippen LogP contribution in [0.15, 0.2) is 101 Å². The van der Waals surface area contributed by atoms with E-state index in [9.17, 15) is 14.9 Å². The lowest BCUT2D eigenvalue weighted by Crippen LogP contribution is -2.50. The van der Waals surface area contributed by atoms with Crippen molar-refractivity contribution < 1.29 is 33.8 Å². The Labute approximate surface area is 358 Å². The fraction of sp³-hybridized carbons (Fsp3) is 0.489. The molecule has 1 aromatic heterocycles. The molecule has 1 aliphatic heterocycles. The first kappa shape index (κ1) is 45.4. The number of benzene rings is 3. The molecule has 5 atom stereocenters. The summed E-state index contributed by atoms with van der Waals surface area (Å²) in [7, 11) is -1.33. The van der Waals surface area contributed by atoms with Crippen molar-refractivity contribution in [1.29, 1.82) is 5.26 Å². The van der Waals surface area contributed by atoms with Crippen molar-refractivity contribution in [1.82, 2.24) is 14.2 Å². The third kappa shape index (κ3) is 10.5. The fourth-order valence-corrected chi connectivity index (χ4v) is 10.1. The molecule has 60 heavy (non-hydrogen) atoms. The van der Waals surface area contributed by atoms with Gasteiger partial charge in [0.05, 0.1) is 41.3 Å². The number of hydrogen-bond acceptors (Lipinski definition) is 11. The Morgan fingerprint density at radius 1 is 0.900 bits per heavy atom. The van der Waals surface area contributed by atoms with Gasteiger partial charge in [0.15, 0.2) is 14.5 Å². The van der Waals surface area contributed by atoms with E-state index in [0.717, 1.165) is 16.7 Å².